The lowest BCUT2D eigenvalue weighted by Crippen LogP contribution is -2.44. The Balaban J connectivity index is 3.31. The van der Waals surface area contributed by atoms with Crippen LogP contribution in [0.25, 0.3) is 6.08 Å². The molecule has 74 valence electrons. The first-order valence-electron chi connectivity index (χ1n) is 4.88. The van der Waals surface area contributed by atoms with Crippen LogP contribution in [0.4, 0.5) is 0 Å². The van der Waals surface area contributed by atoms with E-state index in [2.05, 4.69) is 57.4 Å². The van der Waals surface area contributed by atoms with Crippen LogP contribution in [0.15, 0.2) is 42.6 Å². The van der Waals surface area contributed by atoms with Gasteiger partial charge in [-0.2, -0.15) is 0 Å². The number of hydrogen-bond donors (Lipinski definition) is 0. The van der Waals surface area contributed by atoms with Crippen LogP contribution in [0.3, 0.4) is 0 Å². The predicted molar refractivity (Wildman–Crippen MR) is 68.5 cm³/mol. The summed E-state index contributed by atoms with van der Waals surface area (Å²) in [4.78, 5) is 0. The topological polar surface area (TPSA) is 0 Å². The highest BCUT2D eigenvalue weighted by atomic mass is 28.3. The van der Waals surface area contributed by atoms with E-state index in [9.17, 15) is 0 Å². The largest absolute Gasteiger partial charge is 0.107 e. The fraction of sp³-hybridized carbons (Fsp3) is 0.231. The van der Waals surface area contributed by atoms with Gasteiger partial charge in [0.25, 0.3) is 0 Å². The molecular formula is C13H18Si. The van der Waals surface area contributed by atoms with E-state index in [4.69, 9.17) is 0 Å². The number of allylic oxidation sites excluding steroid dienone is 1. The van der Waals surface area contributed by atoms with Gasteiger partial charge >= 0.3 is 0 Å². The van der Waals surface area contributed by atoms with Crippen LogP contribution in [0.2, 0.25) is 13.1 Å². The molecule has 0 saturated heterocycles. The molecule has 1 rings (SSSR count). The van der Waals surface area contributed by atoms with E-state index in [-0.39, 0.29) is 0 Å². The minimum absolute atomic E-state index is 1.26. The zero-order valence-electron chi connectivity index (χ0n) is 9.30. The van der Waals surface area contributed by atoms with Crippen molar-refractivity contribution in [1.82, 2.24) is 0 Å². The third-order valence-corrected chi connectivity index (χ3v) is 6.86. The average Bonchev–Trinajstić information content (AvgIpc) is 2.17. The summed E-state index contributed by atoms with van der Waals surface area (Å²) in [6.45, 7) is 14.8. The molecule has 0 unspecified atom stereocenters. The molecule has 0 radical (unpaired) electrons. The Kier molecular flexibility index (Phi) is 3.12. The van der Waals surface area contributed by atoms with Gasteiger partial charge in [0.05, 0.1) is 0 Å². The van der Waals surface area contributed by atoms with Gasteiger partial charge < -0.3 is 0 Å². The highest BCUT2D eigenvalue weighted by Gasteiger charge is 2.25. The number of hydrogen-bond acceptors (Lipinski definition) is 0. The van der Waals surface area contributed by atoms with Crippen LogP contribution in [0, 0.1) is 0 Å². The van der Waals surface area contributed by atoms with E-state index in [1.54, 1.807) is 0 Å². The van der Waals surface area contributed by atoms with Gasteiger partial charge in [0.15, 0.2) is 0 Å². The lowest BCUT2D eigenvalue weighted by atomic mass is 10.2. The van der Waals surface area contributed by atoms with Crippen molar-refractivity contribution in [2.75, 3.05) is 0 Å². The van der Waals surface area contributed by atoms with E-state index < -0.39 is 8.07 Å². The summed E-state index contributed by atoms with van der Waals surface area (Å²) in [5, 5.41) is 2.74. The predicted octanol–water partition coefficient (Wildman–Crippen LogP) is 3.36. The van der Waals surface area contributed by atoms with E-state index >= 15 is 0 Å². The van der Waals surface area contributed by atoms with Crippen molar-refractivity contribution in [2.24, 2.45) is 0 Å². The Labute approximate surface area is 88.0 Å². The second kappa shape index (κ2) is 3.97. The van der Waals surface area contributed by atoms with Crippen LogP contribution in [0.1, 0.15) is 12.5 Å². The molecule has 0 aliphatic carbocycles. The summed E-state index contributed by atoms with van der Waals surface area (Å²) in [7, 11) is -1.49. The molecule has 0 nitrogen and oxygen atoms in total. The molecule has 1 aromatic rings. The second-order valence-corrected chi connectivity index (χ2v) is 8.84. The third-order valence-electron chi connectivity index (χ3n) is 2.92. The maximum Gasteiger partial charge on any atom is 0.107 e. The van der Waals surface area contributed by atoms with Crippen LogP contribution < -0.4 is 5.19 Å². The van der Waals surface area contributed by atoms with Crippen molar-refractivity contribution in [1.29, 1.82) is 0 Å². The van der Waals surface area contributed by atoms with Gasteiger partial charge in [0.2, 0.25) is 0 Å². The summed E-state index contributed by atoms with van der Waals surface area (Å²) in [5.74, 6) is 0. The second-order valence-electron chi connectivity index (χ2n) is 4.20. The molecule has 0 saturated carbocycles. The third kappa shape index (κ3) is 1.88. The van der Waals surface area contributed by atoms with Gasteiger partial charge in [0.1, 0.15) is 8.07 Å². The molecule has 0 fully saturated rings. The minimum Gasteiger partial charge on any atom is -0.104 e. The van der Waals surface area contributed by atoms with E-state index in [1.165, 1.54) is 15.9 Å². The monoisotopic (exact) mass is 202 g/mol. The zero-order valence-corrected chi connectivity index (χ0v) is 10.3. The summed E-state index contributed by atoms with van der Waals surface area (Å²) in [6.07, 6.45) is 1.94. The summed E-state index contributed by atoms with van der Waals surface area (Å²) in [6, 6.07) is 8.49. The molecule has 1 heteroatoms. The molecule has 0 bridgehead atoms. The fourth-order valence-corrected chi connectivity index (χ4v) is 3.35. The van der Waals surface area contributed by atoms with Gasteiger partial charge in [-0.25, -0.2) is 0 Å². The lowest BCUT2D eigenvalue weighted by molar-refractivity contribution is 1.56. The molecule has 1 aromatic carbocycles. The number of rotatable bonds is 3. The Morgan fingerprint density at radius 3 is 2.36 bits per heavy atom. The molecule has 0 aromatic heterocycles. The van der Waals surface area contributed by atoms with Crippen molar-refractivity contribution in [3.05, 3.63) is 48.2 Å². The highest BCUT2D eigenvalue weighted by Crippen LogP contribution is 2.15. The molecule has 0 atom stereocenters. The van der Waals surface area contributed by atoms with Crippen LogP contribution in [-0.4, -0.2) is 8.07 Å². The smallest absolute Gasteiger partial charge is 0.104 e. The van der Waals surface area contributed by atoms with Crippen molar-refractivity contribution >= 4 is 19.3 Å². The molecule has 0 N–H and O–H groups in total. The van der Waals surface area contributed by atoms with Crippen LogP contribution >= 0.6 is 0 Å². The van der Waals surface area contributed by atoms with Gasteiger partial charge in [-0.05, 0) is 17.7 Å². The van der Waals surface area contributed by atoms with Crippen molar-refractivity contribution in [2.45, 2.75) is 20.0 Å². The lowest BCUT2D eigenvalue weighted by Gasteiger charge is -2.25. The highest BCUT2D eigenvalue weighted by molar-refractivity contribution is 6.95. The first kappa shape index (κ1) is 11.0. The average molecular weight is 202 g/mol. The first-order chi connectivity index (χ1) is 6.50. The molecule has 0 aliphatic heterocycles. The molecule has 0 aliphatic rings. The summed E-state index contributed by atoms with van der Waals surface area (Å²) >= 11 is 0. The first-order valence-corrected chi connectivity index (χ1v) is 7.88. The molecule has 0 heterocycles. The maximum atomic E-state index is 4.11. The van der Waals surface area contributed by atoms with E-state index in [1.807, 2.05) is 6.08 Å². The Bertz CT molecular complexity index is 361. The van der Waals surface area contributed by atoms with Gasteiger partial charge in [-0.15, -0.1) is 6.58 Å². The Morgan fingerprint density at radius 1 is 1.29 bits per heavy atom. The fourth-order valence-electron chi connectivity index (χ4n) is 1.47. The van der Waals surface area contributed by atoms with Crippen LogP contribution in [0.5, 0.6) is 0 Å². The standard InChI is InChI=1S/C13H18Si/c1-6-12-9-7-8-10-13(12)14(4,5)11(2)3/h6-10H,1-2H2,3-5H3. The van der Waals surface area contributed by atoms with Crippen molar-refractivity contribution in [3.63, 3.8) is 0 Å². The van der Waals surface area contributed by atoms with Gasteiger partial charge in [-0.1, -0.05) is 55.2 Å². The summed E-state index contributed by atoms with van der Waals surface area (Å²) < 4.78 is 0. The van der Waals surface area contributed by atoms with Crippen molar-refractivity contribution < 1.29 is 0 Å². The van der Waals surface area contributed by atoms with Gasteiger partial charge in [0, 0.05) is 0 Å². The normalized spacial score (nSPS) is 11.1. The molecule has 14 heavy (non-hydrogen) atoms. The molecule has 0 amide bonds. The Morgan fingerprint density at radius 2 is 1.86 bits per heavy atom. The maximum absolute atomic E-state index is 4.11. The number of benzene rings is 1. The van der Waals surface area contributed by atoms with Crippen LogP contribution in [-0.2, 0) is 0 Å². The Hall–Kier alpha value is -1.08. The zero-order chi connectivity index (χ0) is 10.8. The molecule has 0 spiro atoms. The van der Waals surface area contributed by atoms with Crippen molar-refractivity contribution in [3.8, 4) is 0 Å². The molecular weight excluding hydrogens is 184 g/mol. The summed E-state index contributed by atoms with van der Waals surface area (Å²) in [5.41, 5.74) is 1.26. The van der Waals surface area contributed by atoms with E-state index in [0.29, 0.717) is 0 Å². The minimum atomic E-state index is -1.49. The van der Waals surface area contributed by atoms with Gasteiger partial charge in [-0.3, -0.25) is 0 Å². The quantitative estimate of drug-likeness (QED) is 0.659. The SMILES string of the molecule is C=Cc1ccccc1[Si](C)(C)C(=C)C. The van der Waals surface area contributed by atoms with E-state index in [0.717, 1.165) is 0 Å².